The molecule has 1 radical (unpaired) electrons. The Morgan fingerprint density at radius 1 is 1.16 bits per heavy atom. The highest BCUT2D eigenvalue weighted by Crippen LogP contribution is 2.30. The molecule has 4 nitrogen and oxygen atoms in total. The minimum atomic E-state index is -5.40. The number of alkyl halides is 3. The lowest BCUT2D eigenvalue weighted by Gasteiger charge is -2.09. The van der Waals surface area contributed by atoms with Gasteiger partial charge in [-0.3, -0.25) is 4.57 Å². The van der Waals surface area contributed by atoms with E-state index < -0.39 is 26.3 Å². The van der Waals surface area contributed by atoms with Gasteiger partial charge in [0.1, 0.15) is 6.20 Å². The first kappa shape index (κ1) is 13.5. The number of aromatic nitrogens is 2. The van der Waals surface area contributed by atoms with E-state index in [-0.39, 0.29) is 5.69 Å². The summed E-state index contributed by atoms with van der Waals surface area (Å²) < 4.78 is 73.0. The average Bonchev–Trinajstić information content (AvgIpc) is 2.74. The molecule has 0 spiro atoms. The van der Waals surface area contributed by atoms with E-state index in [4.69, 9.17) is 0 Å². The molecular formula is C10H5F4N2O2S. The van der Waals surface area contributed by atoms with Crippen LogP contribution in [-0.2, 0) is 9.84 Å². The molecule has 2 aromatic rings. The molecule has 0 fully saturated rings. The Morgan fingerprint density at radius 2 is 1.74 bits per heavy atom. The molecule has 0 saturated heterocycles. The molecule has 1 aromatic heterocycles. The van der Waals surface area contributed by atoms with Crippen molar-refractivity contribution in [2.45, 2.75) is 10.4 Å². The van der Waals surface area contributed by atoms with Gasteiger partial charge in [0, 0.05) is 11.9 Å². The molecule has 1 aromatic carbocycles. The van der Waals surface area contributed by atoms with Crippen molar-refractivity contribution < 1.29 is 26.0 Å². The van der Waals surface area contributed by atoms with Crippen LogP contribution in [0.3, 0.4) is 0 Å². The molecule has 0 atom stereocenters. The summed E-state index contributed by atoms with van der Waals surface area (Å²) in [6, 6.07) is 3.57. The van der Waals surface area contributed by atoms with Crippen LogP contribution in [0.5, 0.6) is 0 Å². The number of nitrogens with zero attached hydrogens (tertiary/aromatic N) is 2. The number of rotatable bonds is 2. The van der Waals surface area contributed by atoms with E-state index in [9.17, 15) is 26.0 Å². The fraction of sp³-hybridized carbons (Fsp3) is 0.100. The molecule has 9 heteroatoms. The fourth-order valence-electron chi connectivity index (χ4n) is 1.35. The van der Waals surface area contributed by atoms with Gasteiger partial charge in [-0.25, -0.2) is 13.4 Å². The summed E-state index contributed by atoms with van der Waals surface area (Å²) in [5.41, 5.74) is -5.24. The summed E-state index contributed by atoms with van der Waals surface area (Å²) >= 11 is 0. The van der Waals surface area contributed by atoms with E-state index in [0.29, 0.717) is 0 Å². The molecule has 0 saturated carbocycles. The molecule has 0 amide bonds. The Morgan fingerprint density at radius 3 is 2.16 bits per heavy atom. The lowest BCUT2D eigenvalue weighted by molar-refractivity contribution is -0.0436. The zero-order chi connectivity index (χ0) is 14.3. The minimum absolute atomic E-state index is 0.132. The molecular weight excluding hydrogens is 288 g/mol. The first-order valence-electron chi connectivity index (χ1n) is 4.76. The van der Waals surface area contributed by atoms with Crippen LogP contribution in [0.25, 0.3) is 5.69 Å². The number of hydrogen-bond acceptors (Lipinski definition) is 3. The predicted molar refractivity (Wildman–Crippen MR) is 55.6 cm³/mol. The first-order chi connectivity index (χ1) is 8.73. The Bertz CT molecular complexity index is 689. The first-order valence-corrected chi connectivity index (χ1v) is 6.24. The Kier molecular flexibility index (Phi) is 3.09. The van der Waals surface area contributed by atoms with Crippen molar-refractivity contribution in [1.82, 2.24) is 9.55 Å². The van der Waals surface area contributed by atoms with Crippen LogP contribution in [0.1, 0.15) is 0 Å². The molecule has 1 heterocycles. The predicted octanol–water partition coefficient (Wildman–Crippen LogP) is 2.11. The van der Waals surface area contributed by atoms with Gasteiger partial charge in [0.25, 0.3) is 15.9 Å². The maximum absolute atomic E-state index is 13.1. The molecule has 0 aliphatic heterocycles. The second-order valence-electron chi connectivity index (χ2n) is 3.45. The van der Waals surface area contributed by atoms with Crippen LogP contribution in [0.2, 0.25) is 0 Å². The molecule has 2 rings (SSSR count). The van der Waals surface area contributed by atoms with Gasteiger partial charge >= 0.3 is 5.51 Å². The third-order valence-electron chi connectivity index (χ3n) is 2.27. The van der Waals surface area contributed by atoms with Gasteiger partial charge in [0.2, 0.25) is 0 Å². The monoisotopic (exact) mass is 293 g/mol. The van der Waals surface area contributed by atoms with Crippen molar-refractivity contribution >= 4 is 9.84 Å². The number of halogens is 4. The van der Waals surface area contributed by atoms with Crippen molar-refractivity contribution in [3.8, 4) is 5.69 Å². The third kappa shape index (κ3) is 2.33. The van der Waals surface area contributed by atoms with E-state index in [2.05, 4.69) is 11.2 Å². The van der Waals surface area contributed by atoms with Gasteiger partial charge in [-0.2, -0.15) is 17.6 Å². The molecule has 0 aliphatic rings. The van der Waals surface area contributed by atoms with Crippen LogP contribution < -0.4 is 0 Å². The van der Waals surface area contributed by atoms with E-state index in [1.165, 1.54) is 0 Å². The smallest absolute Gasteiger partial charge is 0.276 e. The topological polar surface area (TPSA) is 52.0 Å². The maximum atomic E-state index is 13.1. The fourth-order valence-corrected chi connectivity index (χ4v) is 2.11. The standard InChI is InChI=1S/C10H5F4N2O2S/c11-9-15-5-6-16(9)7-1-3-8(4-2-7)19(17,18)10(12,13)14/h1-4,6H. The second kappa shape index (κ2) is 4.34. The normalized spacial score (nSPS) is 12.6. The Balaban J connectivity index is 2.43. The Hall–Kier alpha value is -1.90. The van der Waals surface area contributed by atoms with E-state index in [1.807, 2.05) is 0 Å². The van der Waals surface area contributed by atoms with Gasteiger partial charge in [-0.15, -0.1) is 0 Å². The van der Waals surface area contributed by atoms with E-state index >= 15 is 0 Å². The van der Waals surface area contributed by atoms with Crippen LogP contribution >= 0.6 is 0 Å². The van der Waals surface area contributed by atoms with Crippen LogP contribution in [-0.4, -0.2) is 23.5 Å². The number of sulfone groups is 1. The van der Waals surface area contributed by atoms with Crippen molar-refractivity contribution in [2.75, 3.05) is 0 Å². The van der Waals surface area contributed by atoms with Crippen molar-refractivity contribution in [3.05, 3.63) is 42.7 Å². The highest BCUT2D eigenvalue weighted by atomic mass is 32.2. The highest BCUT2D eigenvalue weighted by Gasteiger charge is 2.46. The summed E-state index contributed by atoms with van der Waals surface area (Å²) in [5.74, 6) is 0. The Labute approximate surface area is 105 Å². The number of hydrogen-bond donors (Lipinski definition) is 0. The zero-order valence-corrected chi connectivity index (χ0v) is 9.83. The lowest BCUT2D eigenvalue weighted by Crippen LogP contribution is -2.23. The van der Waals surface area contributed by atoms with Gasteiger partial charge in [-0.1, -0.05) is 0 Å². The molecule has 0 bridgehead atoms. The summed E-state index contributed by atoms with van der Waals surface area (Å²) in [6.07, 6.45) is 2.42. The molecule has 0 unspecified atom stereocenters. The maximum Gasteiger partial charge on any atom is 0.501 e. The second-order valence-corrected chi connectivity index (χ2v) is 5.39. The van der Waals surface area contributed by atoms with Gasteiger partial charge < -0.3 is 0 Å². The summed E-state index contributed by atoms with van der Waals surface area (Å²) in [4.78, 5) is 2.27. The van der Waals surface area contributed by atoms with Gasteiger partial charge in [0.15, 0.2) is 0 Å². The van der Waals surface area contributed by atoms with Gasteiger partial charge in [0.05, 0.1) is 4.90 Å². The largest absolute Gasteiger partial charge is 0.501 e. The summed E-state index contributed by atoms with van der Waals surface area (Å²) in [6.45, 7) is 0. The van der Waals surface area contributed by atoms with E-state index in [0.717, 1.165) is 35.0 Å². The molecule has 19 heavy (non-hydrogen) atoms. The van der Waals surface area contributed by atoms with Crippen molar-refractivity contribution in [3.63, 3.8) is 0 Å². The quantitative estimate of drug-likeness (QED) is 0.797. The van der Waals surface area contributed by atoms with Gasteiger partial charge in [-0.05, 0) is 24.3 Å². The molecule has 101 valence electrons. The molecule has 0 aliphatic carbocycles. The van der Waals surface area contributed by atoms with Crippen LogP contribution in [0.4, 0.5) is 17.6 Å². The number of imidazole rings is 1. The lowest BCUT2D eigenvalue weighted by atomic mass is 10.3. The highest BCUT2D eigenvalue weighted by molar-refractivity contribution is 7.92. The van der Waals surface area contributed by atoms with Crippen LogP contribution in [0, 0.1) is 12.3 Å². The summed E-state index contributed by atoms with van der Waals surface area (Å²) in [7, 11) is -5.40. The zero-order valence-electron chi connectivity index (χ0n) is 9.02. The van der Waals surface area contributed by atoms with Crippen molar-refractivity contribution in [2.24, 2.45) is 0 Å². The average molecular weight is 293 g/mol. The molecule has 0 N–H and O–H groups in total. The summed E-state index contributed by atoms with van der Waals surface area (Å²) in [5, 5.41) is 0. The minimum Gasteiger partial charge on any atom is -0.276 e. The third-order valence-corrected chi connectivity index (χ3v) is 3.77. The number of benzene rings is 1. The van der Waals surface area contributed by atoms with E-state index in [1.54, 1.807) is 0 Å². The van der Waals surface area contributed by atoms with Crippen molar-refractivity contribution in [1.29, 1.82) is 0 Å². The van der Waals surface area contributed by atoms with Crippen LogP contribution in [0.15, 0.2) is 35.4 Å². The SMILES string of the molecule is O=S(=O)(c1ccc(-n2c[c]nc2F)cc1)C(F)(F)F.